The van der Waals surface area contributed by atoms with Crippen molar-refractivity contribution in [2.45, 2.75) is 45.1 Å². The van der Waals surface area contributed by atoms with Crippen LogP contribution in [0.1, 0.15) is 36.8 Å². The Hall–Kier alpha value is -0.690. The molecule has 1 saturated carbocycles. The summed E-state index contributed by atoms with van der Waals surface area (Å²) < 4.78 is 0. The third-order valence-electron chi connectivity index (χ3n) is 4.22. The van der Waals surface area contributed by atoms with Crippen LogP contribution in [-0.2, 0) is 6.42 Å². The highest BCUT2D eigenvalue weighted by Crippen LogP contribution is 2.39. The molecule has 1 atom stereocenters. The first-order chi connectivity index (χ1) is 7.75. The molecule has 0 aromatic heterocycles. The van der Waals surface area contributed by atoms with Gasteiger partial charge in [-0.3, -0.25) is 0 Å². The van der Waals surface area contributed by atoms with Crippen molar-refractivity contribution in [1.29, 1.82) is 0 Å². The molecule has 1 unspecified atom stereocenters. The Morgan fingerprint density at radius 3 is 2.75 bits per heavy atom. The summed E-state index contributed by atoms with van der Waals surface area (Å²) in [6.07, 6.45) is 6.83. The number of halogens is 1. The molecule has 0 spiro atoms. The quantitative estimate of drug-likeness (QED) is 0.770. The zero-order chi connectivity index (χ0) is 11.1. The van der Waals surface area contributed by atoms with Gasteiger partial charge in [0.05, 0.1) is 0 Å². The predicted molar refractivity (Wildman–Crippen MR) is 69.3 cm³/mol. The van der Waals surface area contributed by atoms with E-state index in [4.69, 9.17) is 11.6 Å². The topological polar surface area (TPSA) is 12.0 Å². The van der Waals surface area contributed by atoms with Gasteiger partial charge < -0.3 is 5.32 Å². The van der Waals surface area contributed by atoms with Crippen molar-refractivity contribution >= 4 is 17.3 Å². The van der Waals surface area contributed by atoms with E-state index in [1.165, 1.54) is 48.9 Å². The molecule has 2 heteroatoms. The van der Waals surface area contributed by atoms with Crippen molar-refractivity contribution in [3.63, 3.8) is 0 Å². The van der Waals surface area contributed by atoms with E-state index in [2.05, 4.69) is 18.3 Å². The lowest BCUT2D eigenvalue weighted by atomic mass is 9.95. The van der Waals surface area contributed by atoms with Gasteiger partial charge >= 0.3 is 0 Å². The maximum atomic E-state index is 6.16. The van der Waals surface area contributed by atoms with Gasteiger partial charge in [-0.1, -0.05) is 30.5 Å². The average Bonchev–Trinajstić information content (AvgIpc) is 2.91. The van der Waals surface area contributed by atoms with Gasteiger partial charge in [0.15, 0.2) is 0 Å². The molecule has 1 aliphatic carbocycles. The van der Waals surface area contributed by atoms with E-state index in [-0.39, 0.29) is 0 Å². The summed E-state index contributed by atoms with van der Waals surface area (Å²) in [5.74, 6) is 0.880. The fourth-order valence-electron chi connectivity index (χ4n) is 3.23. The van der Waals surface area contributed by atoms with Gasteiger partial charge in [-0.2, -0.15) is 0 Å². The minimum Gasteiger partial charge on any atom is -0.381 e. The summed E-state index contributed by atoms with van der Waals surface area (Å²) >= 11 is 6.16. The second-order valence-electron chi connectivity index (χ2n) is 5.21. The number of hydrogen-bond acceptors (Lipinski definition) is 1. The molecule has 0 bridgehead atoms. The Labute approximate surface area is 102 Å². The van der Waals surface area contributed by atoms with Gasteiger partial charge in [0.1, 0.15) is 0 Å². The van der Waals surface area contributed by atoms with Gasteiger partial charge in [0.2, 0.25) is 0 Å². The first-order valence-electron chi connectivity index (χ1n) is 6.30. The van der Waals surface area contributed by atoms with E-state index in [1.54, 1.807) is 0 Å². The zero-order valence-corrected chi connectivity index (χ0v) is 10.5. The fraction of sp³-hybridized carbons (Fsp3) is 0.571. The minimum atomic E-state index is 0.662. The lowest BCUT2D eigenvalue weighted by molar-refractivity contribution is 0.466. The number of rotatable bonds is 1. The summed E-state index contributed by atoms with van der Waals surface area (Å²) in [5, 5.41) is 4.59. The van der Waals surface area contributed by atoms with Crippen LogP contribution >= 0.6 is 11.6 Å². The van der Waals surface area contributed by atoms with Gasteiger partial charge in [0.25, 0.3) is 0 Å². The van der Waals surface area contributed by atoms with E-state index in [9.17, 15) is 0 Å². The highest BCUT2D eigenvalue weighted by molar-refractivity contribution is 6.31. The Balaban J connectivity index is 1.85. The molecular formula is C14H18ClN. The van der Waals surface area contributed by atoms with E-state index in [1.807, 2.05) is 6.07 Å². The molecule has 1 aliphatic heterocycles. The highest BCUT2D eigenvalue weighted by Gasteiger charge is 2.30. The summed E-state index contributed by atoms with van der Waals surface area (Å²) in [5.41, 5.74) is 3.99. The van der Waals surface area contributed by atoms with E-state index < -0.39 is 0 Å². The summed E-state index contributed by atoms with van der Waals surface area (Å²) in [7, 11) is 0. The van der Waals surface area contributed by atoms with Crippen molar-refractivity contribution < 1.29 is 0 Å². The molecule has 1 nitrogen and oxygen atoms in total. The smallest absolute Gasteiger partial charge is 0.0455 e. The van der Waals surface area contributed by atoms with Crippen molar-refractivity contribution in [3.8, 4) is 0 Å². The second kappa shape index (κ2) is 3.96. The third kappa shape index (κ3) is 1.62. The van der Waals surface area contributed by atoms with Crippen molar-refractivity contribution in [3.05, 3.63) is 28.3 Å². The van der Waals surface area contributed by atoms with Crippen LogP contribution in [0.3, 0.4) is 0 Å². The van der Waals surface area contributed by atoms with Crippen LogP contribution in [0.25, 0.3) is 0 Å². The van der Waals surface area contributed by atoms with E-state index in [0.29, 0.717) is 6.04 Å². The number of fused-ring (bicyclic) bond motifs is 1. The molecular weight excluding hydrogens is 218 g/mol. The molecule has 1 aromatic carbocycles. The molecule has 1 N–H and O–H groups in total. The zero-order valence-electron chi connectivity index (χ0n) is 9.72. The lowest BCUT2D eigenvalue weighted by Gasteiger charge is -2.19. The first kappa shape index (κ1) is 10.5. The van der Waals surface area contributed by atoms with Crippen LogP contribution in [0.5, 0.6) is 0 Å². The van der Waals surface area contributed by atoms with Crippen LogP contribution in [0, 0.1) is 12.8 Å². The standard InChI is InChI=1S/C14H18ClN/c1-9-12(15)7-6-11-8-13(16-14(9)11)10-4-2-3-5-10/h6-7,10,13,16H,2-5,8H2,1H3. The molecule has 16 heavy (non-hydrogen) atoms. The molecule has 1 fully saturated rings. The molecule has 1 heterocycles. The number of nitrogens with one attached hydrogen (secondary N) is 1. The van der Waals surface area contributed by atoms with Crippen LogP contribution in [-0.4, -0.2) is 6.04 Å². The van der Waals surface area contributed by atoms with Crippen molar-refractivity contribution in [2.75, 3.05) is 5.32 Å². The third-order valence-corrected chi connectivity index (χ3v) is 4.63. The lowest BCUT2D eigenvalue weighted by Crippen LogP contribution is -2.24. The number of hydrogen-bond donors (Lipinski definition) is 1. The molecule has 0 radical (unpaired) electrons. The van der Waals surface area contributed by atoms with Gasteiger partial charge in [0, 0.05) is 16.8 Å². The SMILES string of the molecule is Cc1c(Cl)ccc2c1NC(C1CCCC1)C2. The van der Waals surface area contributed by atoms with Crippen molar-refractivity contribution in [1.82, 2.24) is 0 Å². The van der Waals surface area contributed by atoms with Crippen LogP contribution in [0.2, 0.25) is 5.02 Å². The molecule has 0 amide bonds. The van der Waals surface area contributed by atoms with Crippen LogP contribution in [0.4, 0.5) is 5.69 Å². The second-order valence-corrected chi connectivity index (χ2v) is 5.61. The van der Waals surface area contributed by atoms with E-state index >= 15 is 0 Å². The highest BCUT2D eigenvalue weighted by atomic mass is 35.5. The van der Waals surface area contributed by atoms with Crippen molar-refractivity contribution in [2.24, 2.45) is 5.92 Å². The Bertz CT molecular complexity index is 407. The largest absolute Gasteiger partial charge is 0.381 e. The summed E-state index contributed by atoms with van der Waals surface area (Å²) in [6.45, 7) is 2.12. The number of benzene rings is 1. The first-order valence-corrected chi connectivity index (χ1v) is 6.68. The van der Waals surface area contributed by atoms with Gasteiger partial charge in [-0.25, -0.2) is 0 Å². The minimum absolute atomic E-state index is 0.662. The Kier molecular flexibility index (Phi) is 2.59. The maximum Gasteiger partial charge on any atom is 0.0455 e. The fourth-order valence-corrected chi connectivity index (χ4v) is 3.39. The molecule has 86 valence electrons. The number of anilines is 1. The summed E-state index contributed by atoms with van der Waals surface area (Å²) in [4.78, 5) is 0. The Morgan fingerprint density at radius 2 is 2.00 bits per heavy atom. The van der Waals surface area contributed by atoms with E-state index in [0.717, 1.165) is 10.9 Å². The molecule has 0 saturated heterocycles. The normalized spacial score (nSPS) is 24.5. The molecule has 3 rings (SSSR count). The summed E-state index contributed by atoms with van der Waals surface area (Å²) in [6, 6.07) is 4.88. The maximum absolute atomic E-state index is 6.16. The monoisotopic (exact) mass is 235 g/mol. The molecule has 2 aliphatic rings. The van der Waals surface area contributed by atoms with Crippen LogP contribution in [0.15, 0.2) is 12.1 Å². The molecule has 1 aromatic rings. The van der Waals surface area contributed by atoms with Crippen LogP contribution < -0.4 is 5.32 Å². The van der Waals surface area contributed by atoms with Gasteiger partial charge in [-0.05, 0) is 49.3 Å². The average molecular weight is 236 g/mol. The predicted octanol–water partition coefficient (Wildman–Crippen LogP) is 4.18. The van der Waals surface area contributed by atoms with Gasteiger partial charge in [-0.15, -0.1) is 0 Å². The Morgan fingerprint density at radius 1 is 1.25 bits per heavy atom.